The number of hydrogen-bond donors (Lipinski definition) is 1. The molecule has 0 spiro atoms. The van der Waals surface area contributed by atoms with Gasteiger partial charge in [0.1, 0.15) is 11.0 Å². The second-order valence-corrected chi connectivity index (χ2v) is 4.50. The van der Waals surface area contributed by atoms with E-state index in [1.54, 1.807) is 0 Å². The van der Waals surface area contributed by atoms with E-state index in [4.69, 9.17) is 17.3 Å². The highest BCUT2D eigenvalue weighted by Gasteiger charge is 2.16. The molecule has 0 saturated carbocycles. The van der Waals surface area contributed by atoms with E-state index in [-0.39, 0.29) is 0 Å². The second-order valence-electron chi connectivity index (χ2n) is 4.15. The monoisotopic (exact) mass is 241 g/mol. The average molecular weight is 242 g/mol. The Labute approximate surface area is 102 Å². The fourth-order valence-corrected chi connectivity index (χ4v) is 2.05. The normalized spacial score (nSPS) is 12.8. The number of rotatable bonds is 5. The maximum Gasteiger partial charge on any atom is 0.135 e. The van der Waals surface area contributed by atoms with Crippen LogP contribution in [0.1, 0.15) is 49.2 Å². The number of hydrogen-bond acceptors (Lipinski definition) is 3. The average Bonchev–Trinajstić information content (AvgIpc) is 2.25. The first-order valence-electron chi connectivity index (χ1n) is 5.80. The van der Waals surface area contributed by atoms with Crippen LogP contribution in [0.15, 0.2) is 0 Å². The molecule has 0 aliphatic heterocycles. The van der Waals surface area contributed by atoms with Crippen molar-refractivity contribution in [1.82, 2.24) is 9.97 Å². The van der Waals surface area contributed by atoms with Gasteiger partial charge in [-0.3, -0.25) is 0 Å². The van der Waals surface area contributed by atoms with E-state index < -0.39 is 0 Å². The van der Waals surface area contributed by atoms with Gasteiger partial charge in [0.05, 0.1) is 5.69 Å². The minimum Gasteiger partial charge on any atom is -0.330 e. The molecule has 4 heteroatoms. The van der Waals surface area contributed by atoms with Crippen molar-refractivity contribution in [3.63, 3.8) is 0 Å². The highest BCUT2D eigenvalue weighted by atomic mass is 35.5. The van der Waals surface area contributed by atoms with Gasteiger partial charge in [-0.25, -0.2) is 9.97 Å². The Morgan fingerprint density at radius 2 is 2.00 bits per heavy atom. The van der Waals surface area contributed by atoms with Crippen LogP contribution < -0.4 is 5.73 Å². The van der Waals surface area contributed by atoms with Crippen LogP contribution in [-0.2, 0) is 0 Å². The van der Waals surface area contributed by atoms with E-state index >= 15 is 0 Å². The number of nitrogens with two attached hydrogens (primary N) is 1. The molecule has 0 fully saturated rings. The van der Waals surface area contributed by atoms with Gasteiger partial charge in [-0.2, -0.15) is 0 Å². The molecule has 1 unspecified atom stereocenters. The highest BCUT2D eigenvalue weighted by molar-refractivity contribution is 6.30. The lowest BCUT2D eigenvalue weighted by atomic mass is 9.95. The summed E-state index contributed by atoms with van der Waals surface area (Å²) in [4.78, 5) is 8.63. The number of unbranched alkanes of at least 4 members (excludes halogenated alkanes) is 1. The maximum absolute atomic E-state index is 6.06. The predicted octanol–water partition coefficient (Wildman–Crippen LogP) is 2.98. The van der Waals surface area contributed by atoms with Crippen molar-refractivity contribution in [1.29, 1.82) is 0 Å². The van der Waals surface area contributed by atoms with Crippen LogP contribution in [0.25, 0.3) is 0 Å². The summed E-state index contributed by atoms with van der Waals surface area (Å²) in [7, 11) is 0. The van der Waals surface area contributed by atoms with E-state index in [1.807, 2.05) is 13.8 Å². The Balaban J connectivity index is 2.99. The largest absolute Gasteiger partial charge is 0.330 e. The van der Waals surface area contributed by atoms with Gasteiger partial charge in [0.2, 0.25) is 0 Å². The van der Waals surface area contributed by atoms with Crippen LogP contribution >= 0.6 is 11.6 Å². The van der Waals surface area contributed by atoms with Crippen molar-refractivity contribution in [2.75, 3.05) is 6.54 Å². The third-order valence-corrected chi connectivity index (χ3v) is 3.18. The van der Waals surface area contributed by atoms with Crippen LogP contribution in [0.4, 0.5) is 0 Å². The van der Waals surface area contributed by atoms with Crippen molar-refractivity contribution < 1.29 is 0 Å². The van der Waals surface area contributed by atoms with Gasteiger partial charge in [0.15, 0.2) is 0 Å². The van der Waals surface area contributed by atoms with E-state index in [1.165, 1.54) is 12.8 Å². The molecule has 0 bridgehead atoms. The summed E-state index contributed by atoms with van der Waals surface area (Å²) in [6.45, 7) is 6.63. The fourth-order valence-electron chi connectivity index (χ4n) is 1.83. The van der Waals surface area contributed by atoms with E-state index in [9.17, 15) is 0 Å². The molecule has 0 aliphatic carbocycles. The van der Waals surface area contributed by atoms with Gasteiger partial charge in [-0.1, -0.05) is 31.4 Å². The molecule has 0 aromatic carbocycles. The first kappa shape index (κ1) is 13.4. The molecule has 3 nitrogen and oxygen atoms in total. The molecule has 0 radical (unpaired) electrons. The van der Waals surface area contributed by atoms with Crippen molar-refractivity contribution >= 4 is 11.6 Å². The van der Waals surface area contributed by atoms with Crippen molar-refractivity contribution in [2.45, 2.75) is 46.0 Å². The van der Waals surface area contributed by atoms with Crippen LogP contribution in [0.3, 0.4) is 0 Å². The molecular formula is C12H20ClN3. The first-order valence-corrected chi connectivity index (χ1v) is 6.18. The van der Waals surface area contributed by atoms with Crippen molar-refractivity contribution in [2.24, 2.45) is 5.73 Å². The van der Waals surface area contributed by atoms with Crippen molar-refractivity contribution in [3.8, 4) is 0 Å². The van der Waals surface area contributed by atoms with E-state index in [0.717, 1.165) is 23.5 Å². The van der Waals surface area contributed by atoms with Crippen LogP contribution in [-0.4, -0.2) is 16.5 Å². The topological polar surface area (TPSA) is 51.8 Å². The lowest BCUT2D eigenvalue weighted by molar-refractivity contribution is 0.573. The van der Waals surface area contributed by atoms with Crippen LogP contribution in [0.5, 0.6) is 0 Å². The Hall–Kier alpha value is -0.670. The molecule has 1 atom stereocenters. The molecule has 1 aromatic rings. The standard InChI is InChI=1S/C12H20ClN3/c1-4-5-6-10(7-14)11-8(2)12(13)16-9(3)15-11/h10H,4-7,14H2,1-3H3. The van der Waals surface area contributed by atoms with Crippen molar-refractivity contribution in [3.05, 3.63) is 22.2 Å². The zero-order valence-corrected chi connectivity index (χ0v) is 11.0. The summed E-state index contributed by atoms with van der Waals surface area (Å²) in [6.07, 6.45) is 3.41. The summed E-state index contributed by atoms with van der Waals surface area (Å²) >= 11 is 6.06. The van der Waals surface area contributed by atoms with Gasteiger partial charge in [-0.15, -0.1) is 0 Å². The minimum atomic E-state index is 0.305. The van der Waals surface area contributed by atoms with Gasteiger partial charge >= 0.3 is 0 Å². The van der Waals surface area contributed by atoms with Gasteiger partial charge in [-0.05, 0) is 20.3 Å². The Morgan fingerprint density at radius 3 is 2.56 bits per heavy atom. The molecule has 90 valence electrons. The molecule has 0 saturated heterocycles. The number of halogens is 1. The SMILES string of the molecule is CCCCC(CN)c1nc(C)nc(Cl)c1C. The molecule has 1 aromatic heterocycles. The molecule has 16 heavy (non-hydrogen) atoms. The number of nitrogens with zero attached hydrogens (tertiary/aromatic N) is 2. The second kappa shape index (κ2) is 6.16. The summed E-state index contributed by atoms with van der Waals surface area (Å²) in [6, 6.07) is 0. The Kier molecular flexibility index (Phi) is 5.16. The molecule has 1 heterocycles. The molecule has 2 N–H and O–H groups in total. The molecule has 1 rings (SSSR count). The zero-order valence-electron chi connectivity index (χ0n) is 10.3. The lowest BCUT2D eigenvalue weighted by Crippen LogP contribution is -2.16. The highest BCUT2D eigenvalue weighted by Crippen LogP contribution is 2.25. The molecular weight excluding hydrogens is 222 g/mol. The third-order valence-electron chi connectivity index (χ3n) is 2.81. The fraction of sp³-hybridized carbons (Fsp3) is 0.667. The van der Waals surface area contributed by atoms with Crippen LogP contribution in [0.2, 0.25) is 5.15 Å². The van der Waals surface area contributed by atoms with E-state index in [2.05, 4.69) is 16.9 Å². The predicted molar refractivity (Wildman–Crippen MR) is 67.8 cm³/mol. The number of aryl methyl sites for hydroxylation is 1. The molecule has 0 amide bonds. The Bertz CT molecular complexity index is 352. The lowest BCUT2D eigenvalue weighted by Gasteiger charge is -2.17. The van der Waals surface area contributed by atoms with Gasteiger partial charge in [0, 0.05) is 18.0 Å². The summed E-state index contributed by atoms with van der Waals surface area (Å²) in [5.41, 5.74) is 7.80. The summed E-state index contributed by atoms with van der Waals surface area (Å²) in [5, 5.41) is 0.553. The first-order chi connectivity index (χ1) is 7.60. The quantitative estimate of drug-likeness (QED) is 0.807. The van der Waals surface area contributed by atoms with Crippen LogP contribution in [0, 0.1) is 13.8 Å². The van der Waals surface area contributed by atoms with Gasteiger partial charge in [0.25, 0.3) is 0 Å². The smallest absolute Gasteiger partial charge is 0.135 e. The minimum absolute atomic E-state index is 0.305. The summed E-state index contributed by atoms with van der Waals surface area (Å²) in [5.74, 6) is 1.03. The van der Waals surface area contributed by atoms with Gasteiger partial charge < -0.3 is 5.73 Å². The maximum atomic E-state index is 6.06. The molecule has 0 aliphatic rings. The zero-order chi connectivity index (χ0) is 12.1. The Morgan fingerprint density at radius 1 is 1.31 bits per heavy atom. The number of aromatic nitrogens is 2. The summed E-state index contributed by atoms with van der Waals surface area (Å²) < 4.78 is 0. The van der Waals surface area contributed by atoms with E-state index in [0.29, 0.717) is 17.6 Å². The third kappa shape index (κ3) is 3.16.